The number of nitrogens with two attached hydrogens (primary N) is 1. The highest BCUT2D eigenvalue weighted by molar-refractivity contribution is 5.59. The Balaban J connectivity index is 2.03. The number of nitrogens with zero attached hydrogens (tertiary/aromatic N) is 2. The van der Waals surface area contributed by atoms with Gasteiger partial charge in [-0.05, 0) is 31.0 Å². The fourth-order valence-corrected chi connectivity index (χ4v) is 2.48. The normalized spacial score (nSPS) is 20.4. The lowest BCUT2D eigenvalue weighted by atomic mass is 10.1. The molecule has 2 rings (SSSR count). The lowest BCUT2D eigenvalue weighted by molar-refractivity contribution is -0.383. The van der Waals surface area contributed by atoms with Crippen molar-refractivity contribution in [2.75, 3.05) is 25.9 Å². The molecule has 0 bridgehead atoms. The van der Waals surface area contributed by atoms with Gasteiger partial charge in [-0.2, -0.15) is 0 Å². The summed E-state index contributed by atoms with van der Waals surface area (Å²) in [5, 5.41) is 10.7. The molecule has 0 saturated carbocycles. The Kier molecular flexibility index (Phi) is 4.34. The molecule has 0 spiro atoms. The number of hydrogen-bond acceptors (Lipinski definition) is 5. The van der Waals surface area contributed by atoms with Gasteiger partial charge in [0.25, 0.3) is 5.69 Å². The number of nitrogen functional groups attached to an aromatic ring is 1. The highest BCUT2D eigenvalue weighted by atomic mass is 16.6. The summed E-state index contributed by atoms with van der Waals surface area (Å²) in [6.45, 7) is 2.67. The Hall–Kier alpha value is -1.66. The zero-order chi connectivity index (χ0) is 13.8. The van der Waals surface area contributed by atoms with Crippen molar-refractivity contribution >= 4 is 11.4 Å². The summed E-state index contributed by atoms with van der Waals surface area (Å²) in [4.78, 5) is 12.5. The quantitative estimate of drug-likeness (QED) is 0.510. The van der Waals surface area contributed by atoms with Crippen LogP contribution in [0.15, 0.2) is 18.2 Å². The first-order chi connectivity index (χ1) is 9.10. The number of hydrogen-bond donors (Lipinski definition) is 1. The van der Waals surface area contributed by atoms with Crippen LogP contribution < -0.4 is 5.73 Å². The van der Waals surface area contributed by atoms with Gasteiger partial charge in [-0.15, -0.1) is 0 Å². The third-order valence-electron chi connectivity index (χ3n) is 3.49. The minimum absolute atomic E-state index is 0.0304. The first-order valence-electron chi connectivity index (χ1n) is 6.38. The number of nitro benzene ring substituents is 1. The maximum atomic E-state index is 10.7. The van der Waals surface area contributed by atoms with E-state index in [1.807, 2.05) is 0 Å². The smallest absolute Gasteiger partial charge is 0.292 e. The molecule has 1 saturated heterocycles. The lowest BCUT2D eigenvalue weighted by Gasteiger charge is -2.31. The van der Waals surface area contributed by atoms with Crippen LogP contribution in [-0.4, -0.2) is 36.1 Å². The summed E-state index contributed by atoms with van der Waals surface area (Å²) in [7, 11) is 1.73. The number of methoxy groups -OCH3 is 1. The zero-order valence-electron chi connectivity index (χ0n) is 11.0. The number of nitro groups is 1. The van der Waals surface area contributed by atoms with Gasteiger partial charge in [0.1, 0.15) is 5.69 Å². The van der Waals surface area contributed by atoms with Gasteiger partial charge in [0.2, 0.25) is 0 Å². The topological polar surface area (TPSA) is 81.6 Å². The van der Waals surface area contributed by atoms with Gasteiger partial charge >= 0.3 is 0 Å². The van der Waals surface area contributed by atoms with E-state index in [-0.39, 0.29) is 17.5 Å². The van der Waals surface area contributed by atoms with Crippen molar-refractivity contribution < 1.29 is 9.66 Å². The number of rotatable bonds is 4. The second kappa shape index (κ2) is 5.99. The molecular weight excluding hydrogens is 246 g/mol. The summed E-state index contributed by atoms with van der Waals surface area (Å²) in [6.07, 6.45) is 2.49. The molecule has 6 nitrogen and oxygen atoms in total. The maximum absolute atomic E-state index is 10.7. The highest BCUT2D eigenvalue weighted by Crippen LogP contribution is 2.23. The number of likely N-dealkylation sites (tertiary alicyclic amines) is 1. The molecule has 0 amide bonds. The van der Waals surface area contributed by atoms with E-state index in [0.717, 1.165) is 38.0 Å². The number of anilines is 1. The minimum Gasteiger partial charge on any atom is -0.393 e. The van der Waals surface area contributed by atoms with Gasteiger partial charge in [-0.1, -0.05) is 6.07 Å². The van der Waals surface area contributed by atoms with E-state index >= 15 is 0 Å². The molecule has 104 valence electrons. The molecule has 19 heavy (non-hydrogen) atoms. The Bertz CT molecular complexity index is 464. The SMILES string of the molecule is COC1CCCN(Cc2ccc([N+](=O)[O-])c(N)c2)C1. The zero-order valence-corrected chi connectivity index (χ0v) is 11.0. The third kappa shape index (κ3) is 3.42. The van der Waals surface area contributed by atoms with E-state index in [4.69, 9.17) is 10.5 Å². The molecule has 1 aromatic rings. The van der Waals surface area contributed by atoms with Crippen molar-refractivity contribution in [3.8, 4) is 0 Å². The van der Waals surface area contributed by atoms with Gasteiger partial charge < -0.3 is 10.5 Å². The Labute approximate surface area is 112 Å². The number of ether oxygens (including phenoxy) is 1. The third-order valence-corrected chi connectivity index (χ3v) is 3.49. The Morgan fingerprint density at radius 3 is 3.00 bits per heavy atom. The van der Waals surface area contributed by atoms with Crippen LogP contribution in [0, 0.1) is 10.1 Å². The van der Waals surface area contributed by atoms with Crippen LogP contribution in [0.2, 0.25) is 0 Å². The highest BCUT2D eigenvalue weighted by Gasteiger charge is 2.20. The molecule has 1 aromatic carbocycles. The first kappa shape index (κ1) is 13.8. The van der Waals surface area contributed by atoms with E-state index in [1.165, 1.54) is 6.07 Å². The summed E-state index contributed by atoms with van der Waals surface area (Å²) in [6, 6.07) is 4.93. The van der Waals surface area contributed by atoms with Gasteiger partial charge in [0.05, 0.1) is 11.0 Å². The van der Waals surface area contributed by atoms with Crippen molar-refractivity contribution in [3.05, 3.63) is 33.9 Å². The van der Waals surface area contributed by atoms with Gasteiger partial charge in [-0.3, -0.25) is 15.0 Å². The van der Waals surface area contributed by atoms with Crippen LogP contribution in [-0.2, 0) is 11.3 Å². The van der Waals surface area contributed by atoms with Crippen LogP contribution >= 0.6 is 0 Å². The first-order valence-corrected chi connectivity index (χ1v) is 6.38. The van der Waals surface area contributed by atoms with Crippen LogP contribution in [0.4, 0.5) is 11.4 Å². The van der Waals surface area contributed by atoms with E-state index < -0.39 is 4.92 Å². The molecule has 0 aliphatic carbocycles. The molecule has 0 radical (unpaired) electrons. The van der Waals surface area contributed by atoms with Crippen molar-refractivity contribution in [3.63, 3.8) is 0 Å². The molecule has 6 heteroatoms. The number of piperidine rings is 1. The van der Waals surface area contributed by atoms with E-state index in [1.54, 1.807) is 19.2 Å². The van der Waals surface area contributed by atoms with Gasteiger partial charge in [0.15, 0.2) is 0 Å². The molecular formula is C13H19N3O3. The average molecular weight is 265 g/mol. The summed E-state index contributed by atoms with van der Waals surface area (Å²) >= 11 is 0. The predicted octanol–water partition coefficient (Wildman–Crippen LogP) is 1.79. The number of benzene rings is 1. The maximum Gasteiger partial charge on any atom is 0.292 e. The predicted molar refractivity (Wildman–Crippen MR) is 72.8 cm³/mol. The summed E-state index contributed by atoms with van der Waals surface area (Å²) < 4.78 is 5.38. The van der Waals surface area contributed by atoms with Gasteiger partial charge in [-0.25, -0.2) is 0 Å². The Morgan fingerprint density at radius 1 is 1.58 bits per heavy atom. The molecule has 1 atom stereocenters. The Morgan fingerprint density at radius 2 is 2.37 bits per heavy atom. The van der Waals surface area contributed by atoms with Crippen LogP contribution in [0.3, 0.4) is 0 Å². The fraction of sp³-hybridized carbons (Fsp3) is 0.538. The molecule has 1 fully saturated rings. The van der Waals surface area contributed by atoms with Crippen molar-refractivity contribution in [1.29, 1.82) is 0 Å². The average Bonchev–Trinajstić information content (AvgIpc) is 2.38. The van der Waals surface area contributed by atoms with Crippen LogP contribution in [0.1, 0.15) is 18.4 Å². The monoisotopic (exact) mass is 265 g/mol. The minimum atomic E-state index is -0.457. The fourth-order valence-electron chi connectivity index (χ4n) is 2.48. The van der Waals surface area contributed by atoms with E-state index in [9.17, 15) is 10.1 Å². The van der Waals surface area contributed by atoms with Crippen LogP contribution in [0.25, 0.3) is 0 Å². The van der Waals surface area contributed by atoms with Crippen molar-refractivity contribution in [1.82, 2.24) is 4.90 Å². The molecule has 1 heterocycles. The van der Waals surface area contributed by atoms with E-state index in [0.29, 0.717) is 0 Å². The second-order valence-electron chi connectivity index (χ2n) is 4.89. The second-order valence-corrected chi connectivity index (χ2v) is 4.89. The van der Waals surface area contributed by atoms with Crippen molar-refractivity contribution in [2.45, 2.75) is 25.5 Å². The molecule has 0 aromatic heterocycles. The summed E-state index contributed by atoms with van der Waals surface area (Å²) in [5.74, 6) is 0. The molecule has 2 N–H and O–H groups in total. The molecule has 1 aliphatic rings. The van der Waals surface area contributed by atoms with Crippen molar-refractivity contribution in [2.24, 2.45) is 0 Å². The van der Waals surface area contributed by atoms with Crippen LogP contribution in [0.5, 0.6) is 0 Å². The molecule has 1 unspecified atom stereocenters. The molecule has 1 aliphatic heterocycles. The van der Waals surface area contributed by atoms with E-state index in [2.05, 4.69) is 4.90 Å². The standard InChI is InChI=1S/C13H19N3O3/c1-19-11-3-2-6-15(9-11)8-10-4-5-13(16(17)18)12(14)7-10/h4-5,7,11H,2-3,6,8-9,14H2,1H3. The largest absolute Gasteiger partial charge is 0.393 e. The summed E-state index contributed by atoms with van der Waals surface area (Å²) in [5.41, 5.74) is 6.89. The van der Waals surface area contributed by atoms with Gasteiger partial charge in [0, 0.05) is 26.3 Å². The lowest BCUT2D eigenvalue weighted by Crippen LogP contribution is -2.38.